The molecule has 0 spiro atoms. The van der Waals surface area contributed by atoms with Crippen LogP contribution in [0.25, 0.3) is 0 Å². The molecule has 0 fully saturated rings. The van der Waals surface area contributed by atoms with E-state index in [1.807, 2.05) is 0 Å². The zero-order valence-corrected chi connectivity index (χ0v) is 7.34. The Labute approximate surface area is 66.9 Å². The van der Waals surface area contributed by atoms with E-state index in [-0.39, 0.29) is 5.78 Å². The second kappa shape index (κ2) is 3.81. The van der Waals surface area contributed by atoms with Gasteiger partial charge in [0.05, 0.1) is 7.11 Å². The van der Waals surface area contributed by atoms with Gasteiger partial charge in [0.1, 0.15) is 0 Å². The summed E-state index contributed by atoms with van der Waals surface area (Å²) in [5, 5.41) is 0. The Morgan fingerprint density at radius 2 is 2.00 bits per heavy atom. The lowest BCUT2D eigenvalue weighted by molar-refractivity contribution is -0.141. The highest BCUT2D eigenvalue weighted by atomic mass is 127. The van der Waals surface area contributed by atoms with E-state index in [0.29, 0.717) is 0 Å². The Kier molecular flexibility index (Phi) is 3.76. The summed E-state index contributed by atoms with van der Waals surface area (Å²) in [7, 11) is 1.26. The highest BCUT2D eigenvalue weighted by Crippen LogP contribution is 2.02. The highest BCUT2D eigenvalue weighted by Gasteiger charge is 2.19. The number of rotatable bonds is 2. The molecule has 0 aromatic carbocycles. The SMILES string of the molecule is COC(=O)C(I)C(C)=O. The average Bonchev–Trinajstić information content (AvgIpc) is 1.84. The molecule has 0 aliphatic heterocycles. The largest absolute Gasteiger partial charge is 0.468 e. The molecule has 3 nitrogen and oxygen atoms in total. The van der Waals surface area contributed by atoms with E-state index < -0.39 is 9.89 Å². The summed E-state index contributed by atoms with van der Waals surface area (Å²) >= 11 is 1.73. The van der Waals surface area contributed by atoms with Gasteiger partial charge in [-0.1, -0.05) is 22.6 Å². The molecule has 0 saturated carbocycles. The summed E-state index contributed by atoms with van der Waals surface area (Å²) in [4.78, 5) is 20.9. The Bertz CT molecular complexity index is 132. The Morgan fingerprint density at radius 1 is 1.56 bits per heavy atom. The van der Waals surface area contributed by atoms with Crippen molar-refractivity contribution < 1.29 is 14.3 Å². The predicted octanol–water partition coefficient (Wildman–Crippen LogP) is 0.552. The minimum absolute atomic E-state index is 0.178. The summed E-state index contributed by atoms with van der Waals surface area (Å²) in [5.41, 5.74) is 0. The first-order valence-electron chi connectivity index (χ1n) is 2.32. The molecule has 0 aromatic heterocycles. The summed E-state index contributed by atoms with van der Waals surface area (Å²) in [6, 6.07) is 0. The topological polar surface area (TPSA) is 43.4 Å². The number of methoxy groups -OCH3 is 1. The third kappa shape index (κ3) is 2.78. The molecule has 9 heavy (non-hydrogen) atoms. The van der Waals surface area contributed by atoms with Crippen molar-refractivity contribution in [3.63, 3.8) is 0 Å². The molecule has 0 radical (unpaired) electrons. The van der Waals surface area contributed by atoms with Gasteiger partial charge in [0, 0.05) is 0 Å². The molecule has 0 saturated heterocycles. The molecule has 1 atom stereocenters. The zero-order chi connectivity index (χ0) is 7.44. The van der Waals surface area contributed by atoms with Crippen molar-refractivity contribution in [3.05, 3.63) is 0 Å². The minimum Gasteiger partial charge on any atom is -0.468 e. The van der Waals surface area contributed by atoms with Crippen LogP contribution in [-0.4, -0.2) is 22.8 Å². The van der Waals surface area contributed by atoms with E-state index in [2.05, 4.69) is 4.74 Å². The number of hydrogen-bond acceptors (Lipinski definition) is 3. The molecule has 0 aliphatic carbocycles. The third-order valence-corrected chi connectivity index (χ3v) is 2.15. The number of Topliss-reactive ketones (excluding diaryl/α,β-unsaturated/α-hetero) is 1. The number of ether oxygens (including phenoxy) is 1. The van der Waals surface area contributed by atoms with Crippen LogP contribution in [0.15, 0.2) is 0 Å². The molecule has 52 valence electrons. The molecule has 0 amide bonds. The maximum absolute atomic E-state index is 10.5. The van der Waals surface area contributed by atoms with Crippen molar-refractivity contribution >= 4 is 34.3 Å². The molecule has 0 aromatic rings. The summed E-state index contributed by atoms with van der Waals surface area (Å²) in [6.07, 6.45) is 0. The average molecular weight is 242 g/mol. The van der Waals surface area contributed by atoms with E-state index in [9.17, 15) is 9.59 Å². The van der Waals surface area contributed by atoms with Crippen molar-refractivity contribution in [3.8, 4) is 0 Å². The molecule has 0 aliphatic rings. The van der Waals surface area contributed by atoms with Crippen LogP contribution in [0.2, 0.25) is 0 Å². The third-order valence-electron chi connectivity index (χ3n) is 0.765. The number of hydrogen-bond donors (Lipinski definition) is 0. The van der Waals surface area contributed by atoms with E-state index in [4.69, 9.17) is 0 Å². The first-order valence-corrected chi connectivity index (χ1v) is 3.56. The van der Waals surface area contributed by atoms with Crippen LogP contribution in [0.1, 0.15) is 6.92 Å². The normalized spacial score (nSPS) is 12.3. The molecule has 4 heteroatoms. The molecule has 0 bridgehead atoms. The van der Waals surface area contributed by atoms with Gasteiger partial charge in [0.25, 0.3) is 0 Å². The lowest BCUT2D eigenvalue weighted by Gasteiger charge is -2.00. The van der Waals surface area contributed by atoms with Crippen molar-refractivity contribution in [2.24, 2.45) is 0 Å². The van der Waals surface area contributed by atoms with Crippen molar-refractivity contribution in [1.82, 2.24) is 0 Å². The lowest BCUT2D eigenvalue weighted by atomic mass is 10.3. The van der Waals surface area contributed by atoms with Crippen LogP contribution in [0.5, 0.6) is 0 Å². The lowest BCUT2D eigenvalue weighted by Crippen LogP contribution is -2.22. The van der Waals surface area contributed by atoms with Gasteiger partial charge in [-0.2, -0.15) is 0 Å². The van der Waals surface area contributed by atoms with Crippen LogP contribution >= 0.6 is 22.6 Å². The van der Waals surface area contributed by atoms with Crippen molar-refractivity contribution in [2.45, 2.75) is 10.8 Å². The maximum atomic E-state index is 10.5. The molecular formula is C5H7IO3. The second-order valence-electron chi connectivity index (χ2n) is 1.50. The Balaban J connectivity index is 3.88. The van der Waals surface area contributed by atoms with Gasteiger partial charge in [0.15, 0.2) is 9.71 Å². The number of alkyl halides is 1. The fraction of sp³-hybridized carbons (Fsp3) is 0.600. The predicted molar refractivity (Wildman–Crippen MR) is 40.5 cm³/mol. The highest BCUT2D eigenvalue weighted by molar-refractivity contribution is 14.1. The quantitative estimate of drug-likeness (QED) is 0.307. The smallest absolute Gasteiger partial charge is 0.326 e. The number of carbonyl (C=O) groups is 2. The minimum atomic E-state index is -0.646. The second-order valence-corrected chi connectivity index (χ2v) is 2.74. The Morgan fingerprint density at radius 3 is 2.11 bits per heavy atom. The van der Waals surface area contributed by atoms with Crippen LogP contribution < -0.4 is 0 Å². The van der Waals surface area contributed by atoms with Gasteiger partial charge < -0.3 is 4.74 Å². The van der Waals surface area contributed by atoms with Gasteiger partial charge in [0.2, 0.25) is 0 Å². The first kappa shape index (κ1) is 8.87. The maximum Gasteiger partial charge on any atom is 0.326 e. The molecule has 1 unspecified atom stereocenters. The van der Waals surface area contributed by atoms with Gasteiger partial charge in [-0.05, 0) is 6.92 Å². The van der Waals surface area contributed by atoms with Gasteiger partial charge in [-0.15, -0.1) is 0 Å². The van der Waals surface area contributed by atoms with Gasteiger partial charge in [-0.3, -0.25) is 9.59 Å². The van der Waals surface area contributed by atoms with Crippen molar-refractivity contribution in [1.29, 1.82) is 0 Å². The van der Waals surface area contributed by atoms with Crippen LogP contribution in [0, 0.1) is 0 Å². The van der Waals surface area contributed by atoms with E-state index in [1.165, 1.54) is 14.0 Å². The standard InChI is InChI=1S/C5H7IO3/c1-3(7)4(6)5(8)9-2/h4H,1-2H3. The molecule has 0 N–H and O–H groups in total. The van der Waals surface area contributed by atoms with E-state index in [0.717, 1.165) is 0 Å². The first-order chi connectivity index (χ1) is 4.09. The summed E-state index contributed by atoms with van der Waals surface area (Å²) in [5.74, 6) is -0.662. The number of esters is 1. The van der Waals surface area contributed by atoms with Gasteiger partial charge >= 0.3 is 5.97 Å². The molecule has 0 rings (SSSR count). The molecular weight excluding hydrogens is 235 g/mol. The number of halogens is 1. The fourth-order valence-corrected chi connectivity index (χ4v) is 0.524. The Hall–Kier alpha value is -0.130. The summed E-state index contributed by atoms with van der Waals surface area (Å²) < 4.78 is 3.66. The van der Waals surface area contributed by atoms with E-state index >= 15 is 0 Å². The van der Waals surface area contributed by atoms with Gasteiger partial charge in [-0.25, -0.2) is 0 Å². The zero-order valence-electron chi connectivity index (χ0n) is 5.18. The van der Waals surface area contributed by atoms with Crippen molar-refractivity contribution in [2.75, 3.05) is 7.11 Å². The monoisotopic (exact) mass is 242 g/mol. The van der Waals surface area contributed by atoms with E-state index in [1.54, 1.807) is 22.6 Å². The summed E-state index contributed by atoms with van der Waals surface area (Å²) in [6.45, 7) is 1.36. The van der Waals surface area contributed by atoms with Crippen LogP contribution in [0.4, 0.5) is 0 Å². The number of ketones is 1. The number of carbonyl (C=O) groups excluding carboxylic acids is 2. The van der Waals surface area contributed by atoms with Crippen LogP contribution in [-0.2, 0) is 14.3 Å². The fourth-order valence-electron chi connectivity index (χ4n) is 0.269. The van der Waals surface area contributed by atoms with Crippen LogP contribution in [0.3, 0.4) is 0 Å². The molecule has 0 heterocycles.